The van der Waals surface area contributed by atoms with Crippen LogP contribution in [0.5, 0.6) is 11.5 Å². The molecule has 2 aromatic carbocycles. The summed E-state index contributed by atoms with van der Waals surface area (Å²) in [6, 6.07) is 10.4. The Kier molecular flexibility index (Phi) is 11.0. The minimum absolute atomic E-state index is 0. The van der Waals surface area contributed by atoms with Crippen molar-refractivity contribution in [1.29, 1.82) is 0 Å². The number of ether oxygens (including phenoxy) is 2. The average Bonchev–Trinajstić information content (AvgIpc) is 2.82. The molecule has 0 saturated carbocycles. The molecule has 0 amide bonds. The molecule has 0 radical (unpaired) electrons. The van der Waals surface area contributed by atoms with E-state index >= 15 is 0 Å². The van der Waals surface area contributed by atoms with Gasteiger partial charge in [0.15, 0.2) is 17.6 Å². The molecule has 0 unspecified atom stereocenters. The van der Waals surface area contributed by atoms with Crippen LogP contribution < -0.4 is 25.0 Å². The first-order chi connectivity index (χ1) is 15.5. The van der Waals surface area contributed by atoms with Crippen LogP contribution in [0.25, 0.3) is 0 Å². The molecule has 0 spiro atoms. The summed E-state index contributed by atoms with van der Waals surface area (Å²) in [5.74, 6) is 0.636. The van der Waals surface area contributed by atoms with Gasteiger partial charge in [0.25, 0.3) is 0 Å². The predicted molar refractivity (Wildman–Crippen MR) is 139 cm³/mol. The third-order valence-electron chi connectivity index (χ3n) is 5.56. The topological polar surface area (TPSA) is 58.1 Å². The zero-order chi connectivity index (χ0) is 22.9. The average molecular weight is 574 g/mol. The quantitative estimate of drug-likeness (QED) is 0.279. The van der Waals surface area contributed by atoms with Gasteiger partial charge in [-0.3, -0.25) is 4.99 Å². The van der Waals surface area contributed by atoms with Crippen LogP contribution in [0.15, 0.2) is 41.4 Å². The molecule has 0 aromatic heterocycles. The smallest absolute Gasteiger partial charge is 0.191 e. The molecular formula is C24H33F2IN4O2. The fraction of sp³-hybridized carbons (Fsp3) is 0.458. The molecule has 0 aliphatic carbocycles. The van der Waals surface area contributed by atoms with Crippen molar-refractivity contribution in [3.63, 3.8) is 0 Å². The van der Waals surface area contributed by atoms with E-state index in [0.717, 1.165) is 55.7 Å². The number of piperidine rings is 1. The van der Waals surface area contributed by atoms with Crippen LogP contribution in [0.4, 0.5) is 14.5 Å². The summed E-state index contributed by atoms with van der Waals surface area (Å²) in [5, 5.41) is 6.72. The monoisotopic (exact) mass is 574 g/mol. The number of hydrogen-bond acceptors (Lipinski definition) is 4. The van der Waals surface area contributed by atoms with E-state index in [1.807, 2.05) is 25.1 Å². The third kappa shape index (κ3) is 7.62. The van der Waals surface area contributed by atoms with Crippen molar-refractivity contribution >= 4 is 35.6 Å². The number of benzene rings is 2. The largest absolute Gasteiger partial charge is 0.497 e. The van der Waals surface area contributed by atoms with E-state index < -0.39 is 11.6 Å². The van der Waals surface area contributed by atoms with Gasteiger partial charge in [-0.25, -0.2) is 8.78 Å². The van der Waals surface area contributed by atoms with E-state index in [2.05, 4.69) is 20.5 Å². The van der Waals surface area contributed by atoms with Gasteiger partial charge >= 0.3 is 0 Å². The fourth-order valence-electron chi connectivity index (χ4n) is 3.80. The molecule has 182 valence electrons. The summed E-state index contributed by atoms with van der Waals surface area (Å²) < 4.78 is 38.0. The molecule has 1 heterocycles. The number of aliphatic imine (C=N–C) groups is 1. The minimum Gasteiger partial charge on any atom is -0.497 e. The van der Waals surface area contributed by atoms with Crippen LogP contribution >= 0.6 is 24.0 Å². The maximum Gasteiger partial charge on any atom is 0.191 e. The summed E-state index contributed by atoms with van der Waals surface area (Å²) in [7, 11) is 3.30. The normalized spacial score (nSPS) is 14.5. The SMILES string of the molecule is CCNC(=NCCc1cccc(F)c1F)NC1CCN(c2cc(OC)cc(OC)c2)CC1.I. The zero-order valence-corrected chi connectivity index (χ0v) is 21.7. The molecule has 0 atom stereocenters. The summed E-state index contributed by atoms with van der Waals surface area (Å²) >= 11 is 0. The van der Waals surface area contributed by atoms with Crippen molar-refractivity contribution in [2.75, 3.05) is 45.3 Å². The molecule has 1 aliphatic rings. The predicted octanol–water partition coefficient (Wildman–Crippen LogP) is 4.37. The molecule has 6 nitrogen and oxygen atoms in total. The van der Waals surface area contributed by atoms with Gasteiger partial charge in [-0.2, -0.15) is 0 Å². The number of guanidine groups is 1. The summed E-state index contributed by atoms with van der Waals surface area (Å²) in [5.41, 5.74) is 1.42. The molecule has 1 saturated heterocycles. The highest BCUT2D eigenvalue weighted by atomic mass is 127. The second-order valence-electron chi connectivity index (χ2n) is 7.70. The van der Waals surface area contributed by atoms with Crippen LogP contribution in [0.1, 0.15) is 25.3 Å². The molecule has 3 rings (SSSR count). The molecule has 9 heteroatoms. The van der Waals surface area contributed by atoms with E-state index in [1.165, 1.54) is 6.07 Å². The minimum atomic E-state index is -0.822. The van der Waals surface area contributed by atoms with Crippen molar-refractivity contribution in [3.8, 4) is 11.5 Å². The molecule has 2 N–H and O–H groups in total. The summed E-state index contributed by atoms with van der Waals surface area (Å²) in [6.07, 6.45) is 2.24. The van der Waals surface area contributed by atoms with E-state index in [4.69, 9.17) is 9.47 Å². The van der Waals surface area contributed by atoms with Crippen molar-refractivity contribution in [1.82, 2.24) is 10.6 Å². The number of anilines is 1. The van der Waals surface area contributed by atoms with Gasteiger partial charge in [0.05, 0.1) is 14.2 Å². The van der Waals surface area contributed by atoms with Gasteiger partial charge in [0.1, 0.15) is 11.5 Å². The maximum atomic E-state index is 13.8. The Morgan fingerprint density at radius 3 is 2.36 bits per heavy atom. The van der Waals surface area contributed by atoms with Crippen LogP contribution in [-0.4, -0.2) is 52.4 Å². The molecule has 1 aliphatic heterocycles. The van der Waals surface area contributed by atoms with Gasteiger partial charge in [0, 0.05) is 56.1 Å². The fourth-order valence-corrected chi connectivity index (χ4v) is 3.80. The number of nitrogens with one attached hydrogen (secondary N) is 2. The Morgan fingerprint density at radius 1 is 1.09 bits per heavy atom. The van der Waals surface area contributed by atoms with Crippen LogP contribution in [-0.2, 0) is 6.42 Å². The molecular weight excluding hydrogens is 541 g/mol. The first-order valence-corrected chi connectivity index (χ1v) is 11.0. The summed E-state index contributed by atoms with van der Waals surface area (Å²) in [6.45, 7) is 4.88. The van der Waals surface area contributed by atoms with E-state index in [-0.39, 0.29) is 30.0 Å². The van der Waals surface area contributed by atoms with E-state index in [1.54, 1.807) is 20.3 Å². The van der Waals surface area contributed by atoms with E-state index in [0.29, 0.717) is 24.5 Å². The van der Waals surface area contributed by atoms with Crippen molar-refractivity contribution < 1.29 is 18.3 Å². The molecule has 0 bridgehead atoms. The first kappa shape index (κ1) is 26.9. The van der Waals surface area contributed by atoms with Crippen LogP contribution in [0.2, 0.25) is 0 Å². The molecule has 33 heavy (non-hydrogen) atoms. The highest BCUT2D eigenvalue weighted by molar-refractivity contribution is 14.0. The maximum absolute atomic E-state index is 13.8. The zero-order valence-electron chi connectivity index (χ0n) is 19.4. The van der Waals surface area contributed by atoms with Crippen molar-refractivity contribution in [2.24, 2.45) is 4.99 Å². The Morgan fingerprint density at radius 2 is 1.76 bits per heavy atom. The van der Waals surface area contributed by atoms with E-state index in [9.17, 15) is 8.78 Å². The first-order valence-electron chi connectivity index (χ1n) is 11.0. The summed E-state index contributed by atoms with van der Waals surface area (Å²) in [4.78, 5) is 6.87. The van der Waals surface area contributed by atoms with Crippen LogP contribution in [0.3, 0.4) is 0 Å². The Balaban J connectivity index is 0.00000385. The lowest BCUT2D eigenvalue weighted by molar-refractivity contribution is 0.393. The van der Waals surface area contributed by atoms with Gasteiger partial charge in [0.2, 0.25) is 0 Å². The number of halogens is 3. The van der Waals surface area contributed by atoms with Gasteiger partial charge in [-0.05, 0) is 37.8 Å². The lowest BCUT2D eigenvalue weighted by Gasteiger charge is -2.34. The number of methoxy groups -OCH3 is 2. The number of nitrogens with zero attached hydrogens (tertiary/aromatic N) is 2. The highest BCUT2D eigenvalue weighted by Crippen LogP contribution is 2.30. The number of hydrogen-bond donors (Lipinski definition) is 2. The lowest BCUT2D eigenvalue weighted by Crippen LogP contribution is -2.48. The second-order valence-corrected chi connectivity index (χ2v) is 7.70. The van der Waals surface area contributed by atoms with Gasteiger partial charge in [-0.1, -0.05) is 12.1 Å². The third-order valence-corrected chi connectivity index (χ3v) is 5.56. The van der Waals surface area contributed by atoms with Crippen molar-refractivity contribution in [2.45, 2.75) is 32.2 Å². The number of rotatable bonds is 8. The van der Waals surface area contributed by atoms with Crippen LogP contribution in [0, 0.1) is 11.6 Å². The van der Waals surface area contributed by atoms with Crippen molar-refractivity contribution in [3.05, 3.63) is 53.6 Å². The Hall–Kier alpha value is -2.30. The standard InChI is InChI=1S/C24H32F2N4O2.HI/c1-4-27-24(28-11-8-17-6-5-7-22(25)23(17)26)29-18-9-12-30(13-10-18)19-14-20(31-2)16-21(15-19)32-3;/h5-7,14-16,18H,4,8-13H2,1-3H3,(H2,27,28,29);1H. The van der Waals surface area contributed by atoms with Gasteiger partial charge < -0.3 is 25.0 Å². The van der Waals surface area contributed by atoms with Gasteiger partial charge in [-0.15, -0.1) is 24.0 Å². The second kappa shape index (κ2) is 13.4. The Labute approximate surface area is 211 Å². The molecule has 2 aromatic rings. The highest BCUT2D eigenvalue weighted by Gasteiger charge is 2.21. The molecule has 1 fully saturated rings. The Bertz CT molecular complexity index is 899. The lowest BCUT2D eigenvalue weighted by atomic mass is 10.0.